The van der Waals surface area contributed by atoms with Crippen LogP contribution in [-0.4, -0.2) is 20.3 Å². The van der Waals surface area contributed by atoms with Gasteiger partial charge >= 0.3 is 0 Å². The molecule has 0 fully saturated rings. The van der Waals surface area contributed by atoms with Gasteiger partial charge in [0.15, 0.2) is 0 Å². The minimum atomic E-state index is 0.413. The smallest absolute Gasteiger partial charge is 0.122 e. The third kappa shape index (κ3) is 1.66. The SMILES string of the molecule is CONC[C@@H]1COc2ccccc21. The van der Waals surface area contributed by atoms with Gasteiger partial charge in [0.25, 0.3) is 0 Å². The molecule has 0 radical (unpaired) electrons. The summed E-state index contributed by atoms with van der Waals surface area (Å²) in [6.45, 7) is 1.54. The molecule has 1 aliphatic rings. The Morgan fingerprint density at radius 2 is 2.38 bits per heavy atom. The van der Waals surface area contributed by atoms with Crippen LogP contribution in [0.2, 0.25) is 0 Å². The minimum absolute atomic E-state index is 0.413. The predicted octanol–water partition coefficient (Wildman–Crippen LogP) is 1.31. The summed E-state index contributed by atoms with van der Waals surface area (Å²) in [7, 11) is 1.63. The molecule has 0 bridgehead atoms. The molecule has 0 saturated heterocycles. The van der Waals surface area contributed by atoms with Crippen molar-refractivity contribution in [2.24, 2.45) is 0 Å². The van der Waals surface area contributed by atoms with E-state index in [1.165, 1.54) is 5.56 Å². The fourth-order valence-electron chi connectivity index (χ4n) is 1.58. The number of hydroxylamine groups is 1. The largest absolute Gasteiger partial charge is 0.493 e. The fourth-order valence-corrected chi connectivity index (χ4v) is 1.58. The van der Waals surface area contributed by atoms with Gasteiger partial charge in [0.05, 0.1) is 13.7 Å². The summed E-state index contributed by atoms with van der Waals surface area (Å²) < 4.78 is 5.51. The van der Waals surface area contributed by atoms with Crippen molar-refractivity contribution in [2.75, 3.05) is 20.3 Å². The van der Waals surface area contributed by atoms with Gasteiger partial charge in [0, 0.05) is 18.0 Å². The van der Waals surface area contributed by atoms with Gasteiger partial charge in [-0.25, -0.2) is 5.48 Å². The highest BCUT2D eigenvalue weighted by Gasteiger charge is 2.22. The number of fused-ring (bicyclic) bond motifs is 1. The van der Waals surface area contributed by atoms with Crippen LogP contribution in [0.5, 0.6) is 5.75 Å². The molecule has 0 unspecified atom stereocenters. The molecule has 0 saturated carbocycles. The van der Waals surface area contributed by atoms with Crippen LogP contribution in [0.15, 0.2) is 24.3 Å². The van der Waals surface area contributed by atoms with E-state index in [-0.39, 0.29) is 0 Å². The van der Waals surface area contributed by atoms with Crippen molar-refractivity contribution in [3.63, 3.8) is 0 Å². The van der Waals surface area contributed by atoms with Gasteiger partial charge in [-0.3, -0.25) is 0 Å². The van der Waals surface area contributed by atoms with Crippen LogP contribution >= 0.6 is 0 Å². The molecule has 0 amide bonds. The second kappa shape index (κ2) is 3.77. The quantitative estimate of drug-likeness (QED) is 0.710. The first kappa shape index (κ1) is 8.53. The molecule has 3 nitrogen and oxygen atoms in total. The number of benzene rings is 1. The third-order valence-electron chi connectivity index (χ3n) is 2.27. The predicted molar refractivity (Wildman–Crippen MR) is 49.7 cm³/mol. The van der Waals surface area contributed by atoms with E-state index in [0.717, 1.165) is 18.9 Å². The lowest BCUT2D eigenvalue weighted by Gasteiger charge is -2.07. The summed E-state index contributed by atoms with van der Waals surface area (Å²) in [6, 6.07) is 8.13. The molecule has 0 spiro atoms. The molecule has 1 aromatic carbocycles. The molecule has 2 rings (SSSR count). The Hall–Kier alpha value is -1.06. The second-order valence-corrected chi connectivity index (χ2v) is 3.10. The van der Waals surface area contributed by atoms with Gasteiger partial charge in [-0.1, -0.05) is 18.2 Å². The topological polar surface area (TPSA) is 30.5 Å². The number of hydrogen-bond donors (Lipinski definition) is 1. The Morgan fingerprint density at radius 3 is 3.23 bits per heavy atom. The lowest BCUT2D eigenvalue weighted by atomic mass is 10.0. The molecule has 1 aromatic rings. The van der Waals surface area contributed by atoms with Gasteiger partial charge in [0.1, 0.15) is 5.75 Å². The summed E-state index contributed by atoms with van der Waals surface area (Å²) in [4.78, 5) is 4.81. The summed E-state index contributed by atoms with van der Waals surface area (Å²) in [5.41, 5.74) is 4.12. The summed E-state index contributed by atoms with van der Waals surface area (Å²) >= 11 is 0. The molecule has 1 heterocycles. The summed E-state index contributed by atoms with van der Waals surface area (Å²) in [5.74, 6) is 1.42. The van der Waals surface area contributed by atoms with Gasteiger partial charge < -0.3 is 9.57 Å². The van der Waals surface area contributed by atoms with Crippen LogP contribution in [0, 0.1) is 0 Å². The van der Waals surface area contributed by atoms with Crippen LogP contribution in [-0.2, 0) is 4.84 Å². The molecule has 13 heavy (non-hydrogen) atoms. The van der Waals surface area contributed by atoms with Crippen molar-refractivity contribution in [3.8, 4) is 5.75 Å². The standard InChI is InChI=1S/C10H13NO2/c1-12-11-6-8-7-13-10-5-3-2-4-9(8)10/h2-5,8,11H,6-7H2,1H3/t8-/m1/s1. The van der Waals surface area contributed by atoms with Crippen molar-refractivity contribution in [1.82, 2.24) is 5.48 Å². The van der Waals surface area contributed by atoms with E-state index < -0.39 is 0 Å². The first-order valence-corrected chi connectivity index (χ1v) is 4.39. The molecule has 0 aliphatic carbocycles. The van der Waals surface area contributed by atoms with E-state index in [2.05, 4.69) is 11.5 Å². The fraction of sp³-hybridized carbons (Fsp3) is 0.400. The highest BCUT2D eigenvalue weighted by molar-refractivity contribution is 5.39. The van der Waals surface area contributed by atoms with E-state index in [1.807, 2.05) is 18.2 Å². The molecule has 0 aromatic heterocycles. The number of para-hydroxylation sites is 1. The zero-order chi connectivity index (χ0) is 9.10. The maximum absolute atomic E-state index is 5.51. The number of rotatable bonds is 3. The van der Waals surface area contributed by atoms with Crippen LogP contribution < -0.4 is 10.2 Å². The second-order valence-electron chi connectivity index (χ2n) is 3.10. The summed E-state index contributed by atoms with van der Waals surface area (Å²) in [6.07, 6.45) is 0. The van der Waals surface area contributed by atoms with Crippen LogP contribution in [0.4, 0.5) is 0 Å². The molecule has 3 heteroatoms. The van der Waals surface area contributed by atoms with Gasteiger partial charge in [0.2, 0.25) is 0 Å². The molecule has 1 aliphatic heterocycles. The van der Waals surface area contributed by atoms with Crippen molar-refractivity contribution in [2.45, 2.75) is 5.92 Å². The van der Waals surface area contributed by atoms with Crippen LogP contribution in [0.25, 0.3) is 0 Å². The monoisotopic (exact) mass is 179 g/mol. The molecular weight excluding hydrogens is 166 g/mol. The Bertz CT molecular complexity index is 288. The molecule has 70 valence electrons. The Morgan fingerprint density at radius 1 is 1.54 bits per heavy atom. The zero-order valence-corrected chi connectivity index (χ0v) is 7.62. The van der Waals surface area contributed by atoms with E-state index in [0.29, 0.717) is 5.92 Å². The van der Waals surface area contributed by atoms with Gasteiger partial charge in [-0.2, -0.15) is 0 Å². The van der Waals surface area contributed by atoms with Crippen molar-refractivity contribution in [1.29, 1.82) is 0 Å². The van der Waals surface area contributed by atoms with Crippen molar-refractivity contribution >= 4 is 0 Å². The van der Waals surface area contributed by atoms with E-state index in [1.54, 1.807) is 7.11 Å². The average molecular weight is 179 g/mol. The Kier molecular flexibility index (Phi) is 2.47. The highest BCUT2D eigenvalue weighted by atomic mass is 16.6. The van der Waals surface area contributed by atoms with E-state index in [9.17, 15) is 0 Å². The van der Waals surface area contributed by atoms with Gasteiger partial charge in [-0.05, 0) is 6.07 Å². The maximum Gasteiger partial charge on any atom is 0.122 e. The lowest BCUT2D eigenvalue weighted by molar-refractivity contribution is 0.0849. The van der Waals surface area contributed by atoms with E-state index >= 15 is 0 Å². The third-order valence-corrected chi connectivity index (χ3v) is 2.27. The Balaban J connectivity index is 2.09. The number of ether oxygens (including phenoxy) is 1. The van der Waals surface area contributed by atoms with Crippen LogP contribution in [0.1, 0.15) is 11.5 Å². The van der Waals surface area contributed by atoms with Crippen LogP contribution in [0.3, 0.4) is 0 Å². The zero-order valence-electron chi connectivity index (χ0n) is 7.62. The van der Waals surface area contributed by atoms with Crippen molar-refractivity contribution < 1.29 is 9.57 Å². The average Bonchev–Trinajstić information content (AvgIpc) is 2.58. The van der Waals surface area contributed by atoms with Gasteiger partial charge in [-0.15, -0.1) is 0 Å². The maximum atomic E-state index is 5.51. The van der Waals surface area contributed by atoms with E-state index in [4.69, 9.17) is 9.57 Å². The molecular formula is C10H13NO2. The molecule has 1 N–H and O–H groups in total. The minimum Gasteiger partial charge on any atom is -0.493 e. The number of nitrogens with one attached hydrogen (secondary N) is 1. The van der Waals surface area contributed by atoms with Crippen molar-refractivity contribution in [3.05, 3.63) is 29.8 Å². The number of hydrogen-bond acceptors (Lipinski definition) is 3. The normalized spacial score (nSPS) is 19.6. The lowest BCUT2D eigenvalue weighted by Crippen LogP contribution is -2.21. The Labute approximate surface area is 77.6 Å². The highest BCUT2D eigenvalue weighted by Crippen LogP contribution is 2.32. The molecule has 1 atom stereocenters. The summed E-state index contributed by atoms with van der Waals surface area (Å²) in [5, 5.41) is 0. The first-order chi connectivity index (χ1) is 6.42. The first-order valence-electron chi connectivity index (χ1n) is 4.39.